The van der Waals surface area contributed by atoms with Crippen molar-refractivity contribution >= 4 is 39.2 Å². The largest absolute Gasteiger partial charge is 0.465 e. The highest BCUT2D eigenvalue weighted by atomic mass is 32.2. The van der Waals surface area contributed by atoms with Crippen LogP contribution in [-0.4, -0.2) is 60.1 Å². The Kier molecular flexibility index (Phi) is 6.53. The van der Waals surface area contributed by atoms with Crippen LogP contribution in [0.1, 0.15) is 20.7 Å². The van der Waals surface area contributed by atoms with E-state index in [9.17, 15) is 22.8 Å². The zero-order valence-electron chi connectivity index (χ0n) is 17.4. The Morgan fingerprint density at radius 3 is 2.12 bits per heavy atom. The van der Waals surface area contributed by atoms with Gasteiger partial charge in [0.15, 0.2) is 11.5 Å². The highest BCUT2D eigenvalue weighted by Gasteiger charge is 2.24. The monoisotopic (exact) mass is 464 g/mol. The number of nitrogens with zero attached hydrogens (tertiary/aromatic N) is 1. The Hall–Kier alpha value is -3.80. The molecule has 0 spiro atoms. The van der Waals surface area contributed by atoms with E-state index in [1.807, 2.05) is 0 Å². The Labute approximate surface area is 183 Å². The van der Waals surface area contributed by atoms with Crippen molar-refractivity contribution in [2.75, 3.05) is 43.4 Å². The molecule has 0 fully saturated rings. The molecular weight excluding hydrogens is 444 g/mol. The van der Waals surface area contributed by atoms with Crippen LogP contribution in [0.3, 0.4) is 0 Å². The van der Waals surface area contributed by atoms with Crippen molar-refractivity contribution in [2.45, 2.75) is 0 Å². The lowest BCUT2D eigenvalue weighted by molar-refractivity contribution is -0.114. The fourth-order valence-corrected chi connectivity index (χ4v) is 3.79. The average molecular weight is 464 g/mol. The van der Waals surface area contributed by atoms with Gasteiger partial charge in [-0.05, 0) is 30.3 Å². The minimum absolute atomic E-state index is 0.00133. The maximum Gasteiger partial charge on any atom is 0.337 e. The number of amides is 1. The lowest BCUT2D eigenvalue weighted by Crippen LogP contribution is -2.37. The van der Waals surface area contributed by atoms with Gasteiger partial charge in [0.25, 0.3) is 0 Å². The third-order valence-corrected chi connectivity index (χ3v) is 5.53. The van der Waals surface area contributed by atoms with E-state index in [1.54, 1.807) is 0 Å². The van der Waals surface area contributed by atoms with Gasteiger partial charge in [-0.3, -0.25) is 9.10 Å². The van der Waals surface area contributed by atoms with E-state index in [0.717, 1.165) is 10.6 Å². The smallest absolute Gasteiger partial charge is 0.337 e. The summed E-state index contributed by atoms with van der Waals surface area (Å²) in [4.78, 5) is 36.5. The van der Waals surface area contributed by atoms with Crippen molar-refractivity contribution in [3.63, 3.8) is 0 Å². The van der Waals surface area contributed by atoms with Crippen molar-refractivity contribution in [3.8, 4) is 11.5 Å². The van der Waals surface area contributed by atoms with Crippen LogP contribution in [0.4, 0.5) is 11.4 Å². The van der Waals surface area contributed by atoms with Crippen molar-refractivity contribution in [3.05, 3.63) is 47.5 Å². The molecule has 0 saturated carbocycles. The van der Waals surface area contributed by atoms with Crippen molar-refractivity contribution in [2.24, 2.45) is 0 Å². The van der Waals surface area contributed by atoms with Gasteiger partial charge in [-0.1, -0.05) is 0 Å². The fraction of sp³-hybridized carbons (Fsp3) is 0.250. The highest BCUT2D eigenvalue weighted by molar-refractivity contribution is 7.92. The third kappa shape index (κ3) is 5.09. The third-order valence-electron chi connectivity index (χ3n) is 4.39. The first-order chi connectivity index (χ1) is 15.1. The van der Waals surface area contributed by atoms with Gasteiger partial charge < -0.3 is 24.3 Å². The van der Waals surface area contributed by atoms with Gasteiger partial charge in [-0.15, -0.1) is 0 Å². The summed E-state index contributed by atoms with van der Waals surface area (Å²) in [6.45, 7) is -0.564. The molecule has 0 aliphatic carbocycles. The van der Waals surface area contributed by atoms with Gasteiger partial charge >= 0.3 is 11.9 Å². The number of methoxy groups -OCH3 is 2. The fourth-order valence-electron chi connectivity index (χ4n) is 2.94. The number of nitrogens with one attached hydrogen (secondary N) is 1. The maximum atomic E-state index is 12.7. The topological polar surface area (TPSA) is 138 Å². The van der Waals surface area contributed by atoms with Crippen LogP contribution in [-0.2, 0) is 24.3 Å². The first kappa shape index (κ1) is 22.9. The zero-order valence-corrected chi connectivity index (χ0v) is 18.2. The number of hydrogen-bond acceptors (Lipinski definition) is 9. The van der Waals surface area contributed by atoms with Crippen LogP contribution >= 0.6 is 0 Å². The van der Waals surface area contributed by atoms with Crippen LogP contribution in [0.2, 0.25) is 0 Å². The van der Waals surface area contributed by atoms with Gasteiger partial charge in [0.2, 0.25) is 22.7 Å². The number of esters is 2. The van der Waals surface area contributed by atoms with Crippen LogP contribution in [0.5, 0.6) is 11.5 Å². The number of carbonyl (C=O) groups is 3. The molecule has 1 N–H and O–H groups in total. The molecule has 0 atom stereocenters. The lowest BCUT2D eigenvalue weighted by atomic mass is 10.1. The van der Waals surface area contributed by atoms with E-state index < -0.39 is 34.4 Å². The molecule has 12 heteroatoms. The van der Waals surface area contributed by atoms with Crippen molar-refractivity contribution in [1.29, 1.82) is 0 Å². The minimum atomic E-state index is -3.85. The summed E-state index contributed by atoms with van der Waals surface area (Å²) in [5.74, 6) is -1.37. The van der Waals surface area contributed by atoms with Crippen LogP contribution < -0.4 is 19.1 Å². The molecule has 0 aromatic heterocycles. The molecule has 0 unspecified atom stereocenters. The highest BCUT2D eigenvalue weighted by Crippen LogP contribution is 2.36. The molecule has 1 aliphatic rings. The molecule has 170 valence electrons. The first-order valence-electron chi connectivity index (χ1n) is 9.11. The average Bonchev–Trinajstić information content (AvgIpc) is 3.23. The molecule has 0 bridgehead atoms. The zero-order chi connectivity index (χ0) is 23.5. The SMILES string of the molecule is COC(=O)c1cc(NC(=O)CN(c2ccc3c(c2)OCO3)S(C)(=O)=O)cc(C(=O)OC)c1. The Morgan fingerprint density at radius 1 is 0.969 bits per heavy atom. The molecule has 2 aromatic rings. The Bertz CT molecular complexity index is 1140. The number of sulfonamides is 1. The molecule has 1 amide bonds. The first-order valence-corrected chi connectivity index (χ1v) is 11.0. The number of anilines is 2. The standard InChI is InChI=1S/C20H20N2O9S/c1-28-19(24)12-6-13(20(25)29-2)8-14(7-12)21-18(23)10-22(32(3,26)27)15-4-5-16-17(9-15)31-11-30-16/h4-9H,10-11H2,1-3H3,(H,21,23). The van der Waals surface area contributed by atoms with Gasteiger partial charge in [0.05, 0.1) is 37.3 Å². The van der Waals surface area contributed by atoms with Gasteiger partial charge in [0, 0.05) is 11.8 Å². The van der Waals surface area contributed by atoms with E-state index in [1.165, 1.54) is 50.6 Å². The summed E-state index contributed by atoms with van der Waals surface area (Å²) >= 11 is 0. The Morgan fingerprint density at radius 2 is 1.56 bits per heavy atom. The second kappa shape index (κ2) is 9.14. The number of benzene rings is 2. The summed E-state index contributed by atoms with van der Waals surface area (Å²) in [5, 5.41) is 2.49. The molecule has 0 saturated heterocycles. The Balaban J connectivity index is 1.86. The molecule has 3 rings (SSSR count). The number of rotatable bonds is 7. The summed E-state index contributed by atoms with van der Waals surface area (Å²) < 4.78 is 45.3. The quantitative estimate of drug-likeness (QED) is 0.603. The van der Waals surface area contributed by atoms with Crippen LogP contribution in [0, 0.1) is 0 Å². The van der Waals surface area contributed by atoms with E-state index >= 15 is 0 Å². The summed E-state index contributed by atoms with van der Waals surface area (Å²) in [6.07, 6.45) is 0.956. The molecule has 0 radical (unpaired) electrons. The summed E-state index contributed by atoms with van der Waals surface area (Å²) in [7, 11) is -1.51. The second-order valence-corrected chi connectivity index (χ2v) is 8.54. The van der Waals surface area contributed by atoms with E-state index in [2.05, 4.69) is 14.8 Å². The molecule has 1 heterocycles. The number of hydrogen-bond donors (Lipinski definition) is 1. The lowest BCUT2D eigenvalue weighted by Gasteiger charge is -2.22. The second-order valence-electron chi connectivity index (χ2n) is 6.64. The van der Waals surface area contributed by atoms with E-state index in [-0.39, 0.29) is 29.3 Å². The van der Waals surface area contributed by atoms with Gasteiger partial charge in [-0.25, -0.2) is 18.0 Å². The number of fused-ring (bicyclic) bond motifs is 1. The van der Waals surface area contributed by atoms with Gasteiger partial charge in [0.1, 0.15) is 6.54 Å². The van der Waals surface area contributed by atoms with Crippen LogP contribution in [0.15, 0.2) is 36.4 Å². The normalized spacial score (nSPS) is 12.1. The van der Waals surface area contributed by atoms with E-state index in [4.69, 9.17) is 9.47 Å². The molecular formula is C20H20N2O9S. The number of carbonyl (C=O) groups excluding carboxylic acids is 3. The summed E-state index contributed by atoms with van der Waals surface area (Å²) in [5.41, 5.74) is 0.283. The molecule has 32 heavy (non-hydrogen) atoms. The van der Waals surface area contributed by atoms with E-state index in [0.29, 0.717) is 11.5 Å². The van der Waals surface area contributed by atoms with Crippen LogP contribution in [0.25, 0.3) is 0 Å². The number of ether oxygens (including phenoxy) is 4. The van der Waals surface area contributed by atoms with Crippen molar-refractivity contribution < 1.29 is 41.7 Å². The predicted molar refractivity (Wildman–Crippen MR) is 113 cm³/mol. The predicted octanol–water partition coefficient (Wildman–Crippen LogP) is 1.39. The van der Waals surface area contributed by atoms with Crippen molar-refractivity contribution in [1.82, 2.24) is 0 Å². The van der Waals surface area contributed by atoms with Gasteiger partial charge in [-0.2, -0.15) is 0 Å². The molecule has 2 aromatic carbocycles. The molecule has 1 aliphatic heterocycles. The maximum absolute atomic E-state index is 12.7. The minimum Gasteiger partial charge on any atom is -0.465 e. The summed E-state index contributed by atoms with van der Waals surface area (Å²) in [6, 6.07) is 8.31. The molecule has 11 nitrogen and oxygen atoms in total.